The van der Waals surface area contributed by atoms with E-state index in [0.29, 0.717) is 0 Å². The van der Waals surface area contributed by atoms with E-state index in [4.69, 9.17) is 5.73 Å². The predicted octanol–water partition coefficient (Wildman–Crippen LogP) is 4.47. The van der Waals surface area contributed by atoms with Crippen molar-refractivity contribution < 1.29 is 0 Å². The zero-order chi connectivity index (χ0) is 12.8. The second-order valence-corrected chi connectivity index (χ2v) is 6.81. The van der Waals surface area contributed by atoms with E-state index in [1.165, 1.54) is 37.0 Å². The Morgan fingerprint density at radius 2 is 2.11 bits per heavy atom. The van der Waals surface area contributed by atoms with Crippen LogP contribution in [0.25, 0.3) is 0 Å². The van der Waals surface area contributed by atoms with Crippen LogP contribution in [0.15, 0.2) is 35.2 Å². The molecule has 0 bridgehead atoms. The maximum absolute atomic E-state index is 6.58. The summed E-state index contributed by atoms with van der Waals surface area (Å²) in [5.41, 5.74) is 6.69. The van der Waals surface area contributed by atoms with Crippen LogP contribution in [-0.4, -0.2) is 11.3 Å². The van der Waals surface area contributed by atoms with Gasteiger partial charge in [0, 0.05) is 10.4 Å². The van der Waals surface area contributed by atoms with Crippen LogP contribution < -0.4 is 5.73 Å². The standard InChI is InChI=1S/C16H25NS/c1-2-14-7-6-10-16(17,13-14)11-12-18-15-8-4-3-5-9-15/h3-5,8-9,14H,2,6-7,10-13,17H2,1H3. The van der Waals surface area contributed by atoms with E-state index < -0.39 is 0 Å². The Balaban J connectivity index is 1.78. The molecule has 0 aromatic heterocycles. The lowest BCUT2D eigenvalue weighted by molar-refractivity contribution is 0.215. The third-order valence-electron chi connectivity index (χ3n) is 4.17. The van der Waals surface area contributed by atoms with Gasteiger partial charge in [0.15, 0.2) is 0 Å². The molecule has 1 aliphatic rings. The summed E-state index contributed by atoms with van der Waals surface area (Å²) in [5.74, 6) is 2.02. The normalized spacial score (nSPS) is 28.2. The zero-order valence-electron chi connectivity index (χ0n) is 11.4. The molecule has 2 rings (SSSR count). The highest BCUT2D eigenvalue weighted by atomic mass is 32.2. The summed E-state index contributed by atoms with van der Waals surface area (Å²) in [7, 11) is 0. The number of hydrogen-bond acceptors (Lipinski definition) is 2. The SMILES string of the molecule is CCC1CCCC(N)(CCSc2ccccc2)C1. The van der Waals surface area contributed by atoms with Crippen LogP contribution in [0.1, 0.15) is 45.4 Å². The van der Waals surface area contributed by atoms with E-state index in [0.717, 1.165) is 18.1 Å². The largest absolute Gasteiger partial charge is 0.325 e. The molecule has 1 saturated carbocycles. The first-order chi connectivity index (χ1) is 8.72. The van der Waals surface area contributed by atoms with E-state index >= 15 is 0 Å². The van der Waals surface area contributed by atoms with Gasteiger partial charge in [0.2, 0.25) is 0 Å². The number of rotatable bonds is 5. The minimum atomic E-state index is 0.112. The molecule has 0 radical (unpaired) electrons. The molecule has 0 amide bonds. The van der Waals surface area contributed by atoms with Crippen LogP contribution in [0, 0.1) is 5.92 Å². The molecule has 18 heavy (non-hydrogen) atoms. The molecule has 2 heteroatoms. The van der Waals surface area contributed by atoms with Gasteiger partial charge in [-0.3, -0.25) is 0 Å². The van der Waals surface area contributed by atoms with Gasteiger partial charge in [0.25, 0.3) is 0 Å². The molecule has 100 valence electrons. The van der Waals surface area contributed by atoms with E-state index in [2.05, 4.69) is 37.3 Å². The summed E-state index contributed by atoms with van der Waals surface area (Å²) < 4.78 is 0. The van der Waals surface area contributed by atoms with Crippen LogP contribution in [0.4, 0.5) is 0 Å². The summed E-state index contributed by atoms with van der Waals surface area (Å²) in [6.45, 7) is 2.30. The van der Waals surface area contributed by atoms with Crippen molar-refractivity contribution in [3.63, 3.8) is 0 Å². The van der Waals surface area contributed by atoms with E-state index in [1.807, 2.05) is 11.8 Å². The smallest absolute Gasteiger partial charge is 0.0165 e. The lowest BCUT2D eigenvalue weighted by Gasteiger charge is -2.38. The lowest BCUT2D eigenvalue weighted by Crippen LogP contribution is -2.44. The molecule has 1 aromatic rings. The molecule has 2 unspecified atom stereocenters. The topological polar surface area (TPSA) is 26.0 Å². The second-order valence-electron chi connectivity index (χ2n) is 5.64. The molecule has 1 nitrogen and oxygen atoms in total. The van der Waals surface area contributed by atoms with Crippen molar-refractivity contribution in [1.29, 1.82) is 0 Å². The first-order valence-electron chi connectivity index (χ1n) is 7.18. The molecule has 0 saturated heterocycles. The van der Waals surface area contributed by atoms with Crippen LogP contribution >= 0.6 is 11.8 Å². The second kappa shape index (κ2) is 6.63. The molecule has 2 atom stereocenters. The molecule has 0 aliphatic heterocycles. The van der Waals surface area contributed by atoms with Crippen LogP contribution in [0.2, 0.25) is 0 Å². The maximum Gasteiger partial charge on any atom is 0.0165 e. The Hall–Kier alpha value is -0.470. The van der Waals surface area contributed by atoms with Gasteiger partial charge in [0.1, 0.15) is 0 Å². The van der Waals surface area contributed by atoms with Crippen LogP contribution in [0.5, 0.6) is 0 Å². The first-order valence-corrected chi connectivity index (χ1v) is 8.17. The third-order valence-corrected chi connectivity index (χ3v) is 5.19. The van der Waals surface area contributed by atoms with Crippen molar-refractivity contribution in [2.45, 2.75) is 55.9 Å². The zero-order valence-corrected chi connectivity index (χ0v) is 12.2. The summed E-state index contributed by atoms with van der Waals surface area (Å²) in [4.78, 5) is 1.36. The molecular formula is C16H25NS. The average Bonchev–Trinajstić information content (AvgIpc) is 2.40. The van der Waals surface area contributed by atoms with Gasteiger partial charge in [-0.1, -0.05) is 44.4 Å². The number of benzene rings is 1. The maximum atomic E-state index is 6.58. The lowest BCUT2D eigenvalue weighted by atomic mass is 9.74. The Bertz CT molecular complexity index is 351. The van der Waals surface area contributed by atoms with E-state index in [9.17, 15) is 0 Å². The number of nitrogens with two attached hydrogens (primary N) is 1. The summed E-state index contributed by atoms with van der Waals surface area (Å²) >= 11 is 1.94. The van der Waals surface area contributed by atoms with Gasteiger partial charge < -0.3 is 5.73 Å². The minimum Gasteiger partial charge on any atom is -0.325 e. The van der Waals surface area contributed by atoms with Gasteiger partial charge in [-0.2, -0.15) is 0 Å². The number of hydrogen-bond donors (Lipinski definition) is 1. The fourth-order valence-corrected chi connectivity index (χ4v) is 4.08. The van der Waals surface area contributed by atoms with Crippen molar-refractivity contribution in [1.82, 2.24) is 0 Å². The highest BCUT2D eigenvalue weighted by molar-refractivity contribution is 7.99. The monoisotopic (exact) mass is 263 g/mol. The molecule has 1 aliphatic carbocycles. The van der Waals surface area contributed by atoms with Crippen LogP contribution in [0.3, 0.4) is 0 Å². The van der Waals surface area contributed by atoms with Gasteiger partial charge in [-0.05, 0) is 43.1 Å². The highest BCUT2D eigenvalue weighted by Crippen LogP contribution is 2.35. The average molecular weight is 263 g/mol. The predicted molar refractivity (Wildman–Crippen MR) is 81.0 cm³/mol. The summed E-state index contributed by atoms with van der Waals surface area (Å²) in [5, 5.41) is 0. The van der Waals surface area contributed by atoms with Crippen molar-refractivity contribution >= 4 is 11.8 Å². The fraction of sp³-hybridized carbons (Fsp3) is 0.625. The van der Waals surface area contributed by atoms with Gasteiger partial charge in [0.05, 0.1) is 0 Å². The number of thioether (sulfide) groups is 1. The van der Waals surface area contributed by atoms with Crippen molar-refractivity contribution in [3.05, 3.63) is 30.3 Å². The van der Waals surface area contributed by atoms with Gasteiger partial charge in [-0.15, -0.1) is 11.8 Å². The minimum absolute atomic E-state index is 0.112. The Morgan fingerprint density at radius 1 is 1.33 bits per heavy atom. The van der Waals surface area contributed by atoms with E-state index in [1.54, 1.807) is 0 Å². The Morgan fingerprint density at radius 3 is 2.83 bits per heavy atom. The highest BCUT2D eigenvalue weighted by Gasteiger charge is 2.31. The quantitative estimate of drug-likeness (QED) is 0.793. The van der Waals surface area contributed by atoms with Crippen molar-refractivity contribution in [2.24, 2.45) is 11.7 Å². The molecule has 1 aromatic carbocycles. The summed E-state index contributed by atoms with van der Waals surface area (Å²) in [6, 6.07) is 10.6. The molecule has 0 spiro atoms. The van der Waals surface area contributed by atoms with Gasteiger partial charge >= 0.3 is 0 Å². The molecule has 1 fully saturated rings. The van der Waals surface area contributed by atoms with E-state index in [-0.39, 0.29) is 5.54 Å². The summed E-state index contributed by atoms with van der Waals surface area (Å²) in [6.07, 6.45) is 7.62. The van der Waals surface area contributed by atoms with Gasteiger partial charge in [-0.25, -0.2) is 0 Å². The first kappa shape index (κ1) is 14.0. The Kier molecular flexibility index (Phi) is 5.13. The third kappa shape index (κ3) is 4.03. The molecule has 2 N–H and O–H groups in total. The van der Waals surface area contributed by atoms with Crippen LogP contribution in [-0.2, 0) is 0 Å². The fourth-order valence-electron chi connectivity index (χ4n) is 2.99. The van der Waals surface area contributed by atoms with Crippen molar-refractivity contribution in [3.8, 4) is 0 Å². The van der Waals surface area contributed by atoms with Crippen molar-refractivity contribution in [2.75, 3.05) is 5.75 Å². The molecular weight excluding hydrogens is 238 g/mol. The molecule has 0 heterocycles. The Labute approximate surface area is 116 Å².